The summed E-state index contributed by atoms with van der Waals surface area (Å²) >= 11 is 5.86. The number of amides is 1. The second-order valence-corrected chi connectivity index (χ2v) is 8.67. The fourth-order valence-electron chi connectivity index (χ4n) is 3.81. The molecule has 1 atom stereocenters. The summed E-state index contributed by atoms with van der Waals surface area (Å²) in [4.78, 5) is 25.5. The average molecular weight is 488 g/mol. The van der Waals surface area contributed by atoms with E-state index in [4.69, 9.17) is 22.1 Å². The standard InChI is InChI=1S/C24H24ClF2N5O2/c1-31(2)16-8-9-32(12-16)24(33)15-5-3-4-14(10-15)20-11-29-22(28)23(30-20)34-13-17-18(26)6-7-19(27)21(17)25/h3-7,10-11,16H,8-9,12-13H2,1-2H3,(H2,28,29)/t16-/m1/s1. The highest BCUT2D eigenvalue weighted by molar-refractivity contribution is 6.31. The SMILES string of the molecule is CN(C)[C@@H]1CCN(C(=O)c2cccc(-c3cnc(N)c(OCc4c(F)ccc(F)c4Cl)n3)c2)C1. The van der Waals surface area contributed by atoms with Crippen LogP contribution in [0.3, 0.4) is 0 Å². The highest BCUT2D eigenvalue weighted by Crippen LogP contribution is 2.28. The van der Waals surface area contributed by atoms with Crippen molar-refractivity contribution in [1.82, 2.24) is 19.8 Å². The minimum atomic E-state index is -0.758. The summed E-state index contributed by atoms with van der Waals surface area (Å²) in [6.07, 6.45) is 2.39. The van der Waals surface area contributed by atoms with Crippen molar-refractivity contribution in [3.8, 4) is 17.1 Å². The number of ether oxygens (including phenoxy) is 1. The number of likely N-dealkylation sites (tertiary alicyclic amines) is 1. The van der Waals surface area contributed by atoms with E-state index in [1.54, 1.807) is 24.3 Å². The van der Waals surface area contributed by atoms with Crippen LogP contribution < -0.4 is 10.5 Å². The van der Waals surface area contributed by atoms with Crippen molar-refractivity contribution in [3.63, 3.8) is 0 Å². The summed E-state index contributed by atoms with van der Waals surface area (Å²) in [6, 6.07) is 9.29. The summed E-state index contributed by atoms with van der Waals surface area (Å²) in [5.74, 6) is -1.59. The zero-order chi connectivity index (χ0) is 24.4. The molecular formula is C24H24ClF2N5O2. The minimum absolute atomic E-state index is 0.0179. The van der Waals surface area contributed by atoms with E-state index < -0.39 is 11.6 Å². The Balaban J connectivity index is 1.54. The van der Waals surface area contributed by atoms with Crippen molar-refractivity contribution >= 4 is 23.3 Å². The van der Waals surface area contributed by atoms with E-state index in [2.05, 4.69) is 14.9 Å². The minimum Gasteiger partial charge on any atom is -0.470 e. The molecule has 1 amide bonds. The van der Waals surface area contributed by atoms with Crippen LogP contribution in [-0.4, -0.2) is 58.9 Å². The maximum Gasteiger partial charge on any atom is 0.258 e. The molecule has 10 heteroatoms. The van der Waals surface area contributed by atoms with Gasteiger partial charge in [0.15, 0.2) is 5.82 Å². The van der Waals surface area contributed by atoms with Gasteiger partial charge in [0.2, 0.25) is 0 Å². The van der Waals surface area contributed by atoms with Gasteiger partial charge in [-0.25, -0.2) is 18.7 Å². The van der Waals surface area contributed by atoms with Crippen LogP contribution in [0.25, 0.3) is 11.3 Å². The van der Waals surface area contributed by atoms with Gasteiger partial charge in [-0.15, -0.1) is 0 Å². The first-order chi connectivity index (χ1) is 16.2. The molecule has 0 saturated carbocycles. The van der Waals surface area contributed by atoms with Crippen molar-refractivity contribution in [2.75, 3.05) is 32.9 Å². The normalized spacial score (nSPS) is 15.7. The summed E-state index contributed by atoms with van der Waals surface area (Å²) in [6.45, 7) is 0.991. The number of anilines is 1. The number of nitrogens with zero attached hydrogens (tertiary/aromatic N) is 4. The topological polar surface area (TPSA) is 84.6 Å². The Morgan fingerprint density at radius 3 is 2.76 bits per heavy atom. The van der Waals surface area contributed by atoms with E-state index in [0.717, 1.165) is 18.6 Å². The van der Waals surface area contributed by atoms with Crippen molar-refractivity contribution in [2.24, 2.45) is 0 Å². The third-order valence-electron chi connectivity index (χ3n) is 5.85. The Bertz CT molecular complexity index is 1220. The predicted octanol–water partition coefficient (Wildman–Crippen LogP) is 4.01. The fraction of sp³-hybridized carbons (Fsp3) is 0.292. The van der Waals surface area contributed by atoms with E-state index in [9.17, 15) is 13.6 Å². The molecule has 2 aromatic carbocycles. The average Bonchev–Trinajstić information content (AvgIpc) is 3.33. The van der Waals surface area contributed by atoms with Crippen LogP contribution in [0.15, 0.2) is 42.6 Å². The molecule has 0 radical (unpaired) electrons. The highest BCUT2D eigenvalue weighted by Gasteiger charge is 2.28. The monoisotopic (exact) mass is 487 g/mol. The molecule has 0 unspecified atom stereocenters. The summed E-state index contributed by atoms with van der Waals surface area (Å²) < 4.78 is 33.3. The van der Waals surface area contributed by atoms with Gasteiger partial charge in [0.1, 0.15) is 18.2 Å². The molecule has 0 bridgehead atoms. The first kappa shape index (κ1) is 23.8. The van der Waals surface area contributed by atoms with Crippen LogP contribution in [0.2, 0.25) is 5.02 Å². The van der Waals surface area contributed by atoms with Gasteiger partial charge in [-0.2, -0.15) is 0 Å². The third-order valence-corrected chi connectivity index (χ3v) is 6.25. The zero-order valence-electron chi connectivity index (χ0n) is 18.8. The number of likely N-dealkylation sites (N-methyl/N-ethyl adjacent to an activating group) is 1. The lowest BCUT2D eigenvalue weighted by Gasteiger charge is -2.20. The molecule has 178 valence electrons. The van der Waals surface area contributed by atoms with E-state index in [1.165, 1.54) is 6.20 Å². The number of nitrogen functional groups attached to an aromatic ring is 1. The van der Waals surface area contributed by atoms with Gasteiger partial charge in [0.05, 0.1) is 16.9 Å². The van der Waals surface area contributed by atoms with Crippen LogP contribution in [0.5, 0.6) is 5.88 Å². The van der Waals surface area contributed by atoms with Gasteiger partial charge in [-0.3, -0.25) is 4.79 Å². The quantitative estimate of drug-likeness (QED) is 0.529. The van der Waals surface area contributed by atoms with Crippen LogP contribution in [0, 0.1) is 11.6 Å². The number of hydrogen-bond donors (Lipinski definition) is 1. The molecule has 1 aliphatic heterocycles. The van der Waals surface area contributed by atoms with Gasteiger partial charge in [-0.05, 0) is 44.8 Å². The van der Waals surface area contributed by atoms with E-state index in [-0.39, 0.29) is 34.8 Å². The Hall–Kier alpha value is -3.30. The number of carbonyl (C=O) groups excluding carboxylic acids is 1. The molecule has 7 nitrogen and oxygen atoms in total. The molecule has 34 heavy (non-hydrogen) atoms. The first-order valence-corrected chi connectivity index (χ1v) is 11.1. The maximum atomic E-state index is 14.1. The van der Waals surface area contributed by atoms with Crippen LogP contribution >= 0.6 is 11.6 Å². The Labute approximate surface area is 201 Å². The van der Waals surface area contributed by atoms with E-state index >= 15 is 0 Å². The maximum absolute atomic E-state index is 14.1. The van der Waals surface area contributed by atoms with Gasteiger partial charge < -0.3 is 20.3 Å². The molecule has 2 heterocycles. The molecule has 4 rings (SSSR count). The third kappa shape index (κ3) is 4.95. The van der Waals surface area contributed by atoms with Crippen molar-refractivity contribution in [2.45, 2.75) is 19.1 Å². The molecule has 1 aromatic heterocycles. The van der Waals surface area contributed by atoms with E-state index in [1.807, 2.05) is 19.0 Å². The second-order valence-electron chi connectivity index (χ2n) is 8.29. The summed E-state index contributed by atoms with van der Waals surface area (Å²) in [5.41, 5.74) is 7.31. The zero-order valence-corrected chi connectivity index (χ0v) is 19.5. The van der Waals surface area contributed by atoms with Crippen molar-refractivity contribution < 1.29 is 18.3 Å². The highest BCUT2D eigenvalue weighted by atomic mass is 35.5. The molecular weight excluding hydrogens is 464 g/mol. The van der Waals surface area contributed by atoms with Crippen LogP contribution in [0.4, 0.5) is 14.6 Å². The number of halogens is 3. The molecule has 0 aliphatic carbocycles. The van der Waals surface area contributed by atoms with Gasteiger partial charge in [-0.1, -0.05) is 23.7 Å². The fourth-order valence-corrected chi connectivity index (χ4v) is 4.02. The number of benzene rings is 2. The predicted molar refractivity (Wildman–Crippen MR) is 126 cm³/mol. The number of rotatable bonds is 6. The van der Waals surface area contributed by atoms with Crippen molar-refractivity contribution in [1.29, 1.82) is 0 Å². The van der Waals surface area contributed by atoms with Crippen LogP contribution in [0.1, 0.15) is 22.3 Å². The number of nitrogens with two attached hydrogens (primary N) is 1. The number of aromatic nitrogens is 2. The summed E-state index contributed by atoms with van der Waals surface area (Å²) in [7, 11) is 4.02. The van der Waals surface area contributed by atoms with Crippen LogP contribution in [-0.2, 0) is 6.61 Å². The molecule has 0 spiro atoms. The largest absolute Gasteiger partial charge is 0.470 e. The lowest BCUT2D eigenvalue weighted by atomic mass is 10.1. The smallest absolute Gasteiger partial charge is 0.258 e. The number of hydrogen-bond acceptors (Lipinski definition) is 6. The molecule has 1 fully saturated rings. The second kappa shape index (κ2) is 9.90. The Kier molecular flexibility index (Phi) is 6.95. The Morgan fingerprint density at radius 1 is 1.26 bits per heavy atom. The molecule has 1 saturated heterocycles. The van der Waals surface area contributed by atoms with Gasteiger partial charge >= 0.3 is 0 Å². The molecule has 1 aliphatic rings. The van der Waals surface area contributed by atoms with Gasteiger partial charge in [0, 0.05) is 35.8 Å². The molecule has 3 aromatic rings. The van der Waals surface area contributed by atoms with Crippen molar-refractivity contribution in [3.05, 3.63) is 70.4 Å². The Morgan fingerprint density at radius 2 is 2.03 bits per heavy atom. The lowest BCUT2D eigenvalue weighted by molar-refractivity contribution is 0.0783. The first-order valence-electron chi connectivity index (χ1n) is 10.7. The van der Waals surface area contributed by atoms with E-state index in [0.29, 0.717) is 36.0 Å². The lowest BCUT2D eigenvalue weighted by Crippen LogP contribution is -2.34. The number of carbonyl (C=O) groups is 1. The molecule has 2 N–H and O–H groups in total. The summed E-state index contributed by atoms with van der Waals surface area (Å²) in [5, 5.41) is -0.368. The van der Waals surface area contributed by atoms with Gasteiger partial charge in [0.25, 0.3) is 11.8 Å².